The number of fused-ring (bicyclic) bond motifs is 1. The normalized spacial score (nSPS) is 12.6. The van der Waals surface area contributed by atoms with Crippen molar-refractivity contribution in [2.75, 3.05) is 0 Å². The summed E-state index contributed by atoms with van der Waals surface area (Å²) in [4.78, 5) is 4.56. The molecule has 3 nitrogen and oxygen atoms in total. The van der Waals surface area contributed by atoms with Crippen molar-refractivity contribution < 1.29 is 0 Å². The highest BCUT2D eigenvalue weighted by atomic mass is 35.5. The third kappa shape index (κ3) is 2.16. The van der Waals surface area contributed by atoms with E-state index < -0.39 is 0 Å². The molecule has 4 heteroatoms. The van der Waals surface area contributed by atoms with Crippen LogP contribution in [0, 0.1) is 0 Å². The van der Waals surface area contributed by atoms with Gasteiger partial charge in [0.25, 0.3) is 0 Å². The highest BCUT2D eigenvalue weighted by molar-refractivity contribution is 6.31. The van der Waals surface area contributed by atoms with Crippen molar-refractivity contribution in [3.05, 3.63) is 22.5 Å². The summed E-state index contributed by atoms with van der Waals surface area (Å²) in [5, 5.41) is 9.10. The van der Waals surface area contributed by atoms with Gasteiger partial charge in [0.1, 0.15) is 0 Å². The Hall–Kier alpha value is -1.09. The van der Waals surface area contributed by atoms with Gasteiger partial charge in [-0.1, -0.05) is 46.2 Å². The van der Waals surface area contributed by atoms with Gasteiger partial charge in [-0.3, -0.25) is 5.10 Å². The smallest absolute Gasteiger partial charge is 0.155 e. The van der Waals surface area contributed by atoms with E-state index in [1.165, 1.54) is 0 Å². The Morgan fingerprint density at radius 1 is 1.29 bits per heavy atom. The molecule has 92 valence electrons. The van der Waals surface area contributed by atoms with Gasteiger partial charge in [0.15, 0.2) is 5.65 Å². The van der Waals surface area contributed by atoms with Crippen LogP contribution in [-0.4, -0.2) is 15.2 Å². The number of nitrogens with one attached hydrogen (secondary N) is 1. The molecule has 0 radical (unpaired) electrons. The molecule has 2 aromatic heterocycles. The second kappa shape index (κ2) is 3.98. The molecule has 0 aliphatic rings. The molecule has 0 spiro atoms. The minimum atomic E-state index is -0.0113. The molecule has 0 unspecified atom stereocenters. The standard InChI is InChI=1S/C13H18ClN3/c1-7(2)10-9(14)6-8-11(13(3,4)5)16-17-12(8)15-10/h6-7H,1-5H3,(H,15,16,17). The van der Waals surface area contributed by atoms with Gasteiger partial charge in [-0.2, -0.15) is 5.10 Å². The number of nitrogens with zero attached hydrogens (tertiary/aromatic N) is 2. The number of aromatic amines is 1. The van der Waals surface area contributed by atoms with Crippen LogP contribution in [0.4, 0.5) is 0 Å². The van der Waals surface area contributed by atoms with Crippen LogP contribution in [0.15, 0.2) is 6.07 Å². The lowest BCUT2D eigenvalue weighted by Crippen LogP contribution is -2.12. The number of hydrogen-bond acceptors (Lipinski definition) is 2. The molecule has 0 aliphatic carbocycles. The van der Waals surface area contributed by atoms with Crippen LogP contribution in [0.1, 0.15) is 51.9 Å². The SMILES string of the molecule is CC(C)c1nc2[nH]nc(C(C)(C)C)c2cc1Cl. The summed E-state index contributed by atoms with van der Waals surface area (Å²) in [6.45, 7) is 10.6. The molecular formula is C13H18ClN3. The van der Waals surface area contributed by atoms with E-state index in [-0.39, 0.29) is 5.41 Å². The van der Waals surface area contributed by atoms with Gasteiger partial charge in [0, 0.05) is 10.8 Å². The minimum absolute atomic E-state index is 0.0113. The van der Waals surface area contributed by atoms with Gasteiger partial charge in [-0.15, -0.1) is 0 Å². The quantitative estimate of drug-likeness (QED) is 0.831. The summed E-state index contributed by atoms with van der Waals surface area (Å²) in [6, 6.07) is 1.98. The maximum absolute atomic E-state index is 6.27. The minimum Gasteiger partial charge on any atom is -0.261 e. The molecule has 0 fully saturated rings. The average molecular weight is 252 g/mol. The lowest BCUT2D eigenvalue weighted by molar-refractivity contribution is 0.571. The fraction of sp³-hybridized carbons (Fsp3) is 0.538. The lowest BCUT2D eigenvalue weighted by Gasteiger charge is -2.15. The number of pyridine rings is 1. The topological polar surface area (TPSA) is 41.6 Å². The molecule has 1 N–H and O–H groups in total. The van der Waals surface area contributed by atoms with Crippen LogP contribution >= 0.6 is 11.6 Å². The Balaban J connectivity index is 2.69. The highest BCUT2D eigenvalue weighted by Gasteiger charge is 2.22. The van der Waals surface area contributed by atoms with Gasteiger partial charge in [0.05, 0.1) is 16.4 Å². The van der Waals surface area contributed by atoms with Gasteiger partial charge < -0.3 is 0 Å². The predicted molar refractivity (Wildman–Crippen MR) is 71.7 cm³/mol. The first-order valence-corrected chi connectivity index (χ1v) is 6.23. The molecule has 0 atom stereocenters. The fourth-order valence-electron chi connectivity index (χ4n) is 1.91. The zero-order chi connectivity index (χ0) is 12.8. The zero-order valence-electron chi connectivity index (χ0n) is 10.9. The molecule has 17 heavy (non-hydrogen) atoms. The summed E-state index contributed by atoms with van der Waals surface area (Å²) in [5.41, 5.74) is 2.74. The average Bonchev–Trinajstić information content (AvgIpc) is 2.57. The summed E-state index contributed by atoms with van der Waals surface area (Å²) in [6.07, 6.45) is 0. The molecule has 2 heterocycles. The van der Waals surface area contributed by atoms with E-state index in [0.29, 0.717) is 5.92 Å². The van der Waals surface area contributed by atoms with Crippen molar-refractivity contribution in [3.8, 4) is 0 Å². The van der Waals surface area contributed by atoms with Crippen LogP contribution < -0.4 is 0 Å². The van der Waals surface area contributed by atoms with Crippen LogP contribution in [0.5, 0.6) is 0 Å². The van der Waals surface area contributed by atoms with E-state index >= 15 is 0 Å². The van der Waals surface area contributed by atoms with Crippen LogP contribution in [-0.2, 0) is 5.41 Å². The van der Waals surface area contributed by atoms with Gasteiger partial charge in [-0.25, -0.2) is 4.98 Å². The van der Waals surface area contributed by atoms with Gasteiger partial charge >= 0.3 is 0 Å². The molecule has 0 aliphatic heterocycles. The molecule has 0 amide bonds. The Morgan fingerprint density at radius 2 is 1.94 bits per heavy atom. The van der Waals surface area contributed by atoms with Crippen LogP contribution in [0.3, 0.4) is 0 Å². The molecule has 0 saturated carbocycles. The Bertz CT molecular complexity index is 550. The van der Waals surface area contributed by atoms with Gasteiger partial charge in [0.2, 0.25) is 0 Å². The molecule has 2 rings (SSSR count). The third-order valence-electron chi connectivity index (χ3n) is 2.79. The molecule has 0 aromatic carbocycles. The first-order chi connectivity index (χ1) is 7.80. The van der Waals surface area contributed by atoms with Crippen molar-refractivity contribution >= 4 is 22.6 Å². The monoisotopic (exact) mass is 251 g/mol. The van der Waals surface area contributed by atoms with Crippen LogP contribution in [0.25, 0.3) is 11.0 Å². The molecule has 0 bridgehead atoms. The summed E-state index contributed by atoms with van der Waals surface area (Å²) < 4.78 is 0. The second-order valence-electron chi connectivity index (χ2n) is 5.73. The number of aromatic nitrogens is 3. The second-order valence-corrected chi connectivity index (χ2v) is 6.14. The largest absolute Gasteiger partial charge is 0.261 e. The Morgan fingerprint density at radius 3 is 2.47 bits per heavy atom. The van der Waals surface area contributed by atoms with E-state index in [1.54, 1.807) is 0 Å². The van der Waals surface area contributed by atoms with Gasteiger partial charge in [-0.05, 0) is 12.0 Å². The van der Waals surface area contributed by atoms with E-state index in [1.807, 2.05) is 6.07 Å². The van der Waals surface area contributed by atoms with Crippen molar-refractivity contribution in [2.45, 2.75) is 46.0 Å². The summed E-state index contributed by atoms with van der Waals surface area (Å²) in [7, 11) is 0. The number of halogens is 1. The zero-order valence-corrected chi connectivity index (χ0v) is 11.7. The molecule has 0 saturated heterocycles. The maximum Gasteiger partial charge on any atom is 0.155 e. The van der Waals surface area contributed by atoms with Crippen LogP contribution in [0.2, 0.25) is 5.02 Å². The first kappa shape index (κ1) is 12.4. The number of H-pyrrole nitrogens is 1. The van der Waals surface area contributed by atoms with E-state index in [4.69, 9.17) is 11.6 Å². The Labute approximate surface area is 107 Å². The van der Waals surface area contributed by atoms with E-state index in [0.717, 1.165) is 27.4 Å². The van der Waals surface area contributed by atoms with Crippen molar-refractivity contribution in [1.82, 2.24) is 15.2 Å². The Kier molecular flexibility index (Phi) is 2.90. The predicted octanol–water partition coefficient (Wildman–Crippen LogP) is 4.03. The first-order valence-electron chi connectivity index (χ1n) is 5.85. The van der Waals surface area contributed by atoms with Crippen molar-refractivity contribution in [1.29, 1.82) is 0 Å². The fourth-order valence-corrected chi connectivity index (χ4v) is 2.28. The van der Waals surface area contributed by atoms with Crippen molar-refractivity contribution in [2.24, 2.45) is 0 Å². The van der Waals surface area contributed by atoms with E-state index in [2.05, 4.69) is 49.8 Å². The summed E-state index contributed by atoms with van der Waals surface area (Å²) >= 11 is 6.27. The van der Waals surface area contributed by atoms with Crippen molar-refractivity contribution in [3.63, 3.8) is 0 Å². The molecule has 2 aromatic rings. The highest BCUT2D eigenvalue weighted by Crippen LogP contribution is 2.31. The number of hydrogen-bond donors (Lipinski definition) is 1. The lowest BCUT2D eigenvalue weighted by atomic mass is 9.90. The maximum atomic E-state index is 6.27. The summed E-state index contributed by atoms with van der Waals surface area (Å²) in [5.74, 6) is 0.313. The van der Waals surface area contributed by atoms with E-state index in [9.17, 15) is 0 Å². The third-order valence-corrected chi connectivity index (χ3v) is 3.09. The number of rotatable bonds is 1. The molecular weight excluding hydrogens is 234 g/mol.